The first-order chi connectivity index (χ1) is 10.2. The monoisotopic (exact) mass is 364 g/mol. The first kappa shape index (κ1) is 14.9. The van der Waals surface area contributed by atoms with E-state index in [1.807, 2.05) is 12.1 Å². The molecule has 0 spiro atoms. The van der Waals surface area contributed by atoms with Gasteiger partial charge in [-0.3, -0.25) is 4.79 Å². The van der Waals surface area contributed by atoms with Gasteiger partial charge in [-0.15, -0.1) is 11.8 Å². The molecule has 1 aromatic heterocycles. The SMILES string of the molecule is O=c1[nH]c(CSc2ccc(Br)cc2)nc2c1CCCCC2. The highest BCUT2D eigenvalue weighted by atomic mass is 79.9. The number of thioether (sulfide) groups is 1. The van der Waals surface area contributed by atoms with Crippen LogP contribution in [-0.2, 0) is 18.6 Å². The summed E-state index contributed by atoms with van der Waals surface area (Å²) in [6.45, 7) is 0. The summed E-state index contributed by atoms with van der Waals surface area (Å²) in [6.07, 6.45) is 5.25. The van der Waals surface area contributed by atoms with E-state index in [-0.39, 0.29) is 5.56 Å². The van der Waals surface area contributed by atoms with Crippen LogP contribution < -0.4 is 5.56 Å². The molecule has 2 aromatic rings. The maximum atomic E-state index is 12.2. The van der Waals surface area contributed by atoms with Crippen LogP contribution in [0.2, 0.25) is 0 Å². The van der Waals surface area contributed by atoms with Gasteiger partial charge in [0.25, 0.3) is 5.56 Å². The molecule has 1 N–H and O–H groups in total. The molecule has 3 rings (SSSR count). The largest absolute Gasteiger partial charge is 0.310 e. The lowest BCUT2D eigenvalue weighted by molar-refractivity contribution is 0.708. The number of benzene rings is 1. The highest BCUT2D eigenvalue weighted by Crippen LogP contribution is 2.23. The standard InChI is InChI=1S/C16H17BrN2OS/c17-11-6-8-12(9-7-11)21-10-15-18-14-5-3-1-2-4-13(14)16(20)19-15/h6-9H,1-5,10H2,(H,18,19,20). The van der Waals surface area contributed by atoms with Gasteiger partial charge in [-0.05, 0) is 49.9 Å². The number of rotatable bonds is 3. The van der Waals surface area contributed by atoms with E-state index in [9.17, 15) is 4.79 Å². The fourth-order valence-electron chi connectivity index (χ4n) is 2.58. The van der Waals surface area contributed by atoms with Crippen molar-refractivity contribution in [2.45, 2.75) is 42.8 Å². The highest BCUT2D eigenvalue weighted by molar-refractivity contribution is 9.10. The molecule has 0 atom stereocenters. The second-order valence-electron chi connectivity index (χ2n) is 5.24. The summed E-state index contributed by atoms with van der Waals surface area (Å²) < 4.78 is 1.07. The number of aryl methyl sites for hydroxylation is 1. The van der Waals surface area contributed by atoms with E-state index >= 15 is 0 Å². The second kappa shape index (κ2) is 6.79. The first-order valence-electron chi connectivity index (χ1n) is 7.22. The Balaban J connectivity index is 1.77. The van der Waals surface area contributed by atoms with Crippen LogP contribution >= 0.6 is 27.7 Å². The molecule has 1 aliphatic carbocycles. The average Bonchev–Trinajstić information content (AvgIpc) is 2.72. The molecule has 1 aromatic carbocycles. The number of nitrogens with one attached hydrogen (secondary N) is 1. The van der Waals surface area contributed by atoms with Gasteiger partial charge in [-0.25, -0.2) is 4.98 Å². The molecule has 1 heterocycles. The molecule has 0 unspecified atom stereocenters. The molecule has 3 nitrogen and oxygen atoms in total. The minimum atomic E-state index is 0.0632. The Bertz CT molecular complexity index is 682. The molecule has 0 saturated heterocycles. The van der Waals surface area contributed by atoms with Crippen molar-refractivity contribution < 1.29 is 0 Å². The topological polar surface area (TPSA) is 45.8 Å². The van der Waals surface area contributed by atoms with Gasteiger partial charge in [0, 0.05) is 14.9 Å². The van der Waals surface area contributed by atoms with E-state index in [4.69, 9.17) is 0 Å². The van der Waals surface area contributed by atoms with Gasteiger partial charge in [0.1, 0.15) is 5.82 Å². The van der Waals surface area contributed by atoms with Crippen molar-refractivity contribution in [2.75, 3.05) is 0 Å². The molecule has 0 saturated carbocycles. The van der Waals surface area contributed by atoms with Crippen molar-refractivity contribution in [3.05, 3.63) is 56.2 Å². The quantitative estimate of drug-likeness (QED) is 0.658. The highest BCUT2D eigenvalue weighted by Gasteiger charge is 2.14. The Morgan fingerprint density at radius 2 is 1.90 bits per heavy atom. The summed E-state index contributed by atoms with van der Waals surface area (Å²) in [6, 6.07) is 8.18. The fourth-order valence-corrected chi connectivity index (χ4v) is 3.62. The Hall–Kier alpha value is -1.07. The van der Waals surface area contributed by atoms with Crippen molar-refractivity contribution in [3.8, 4) is 0 Å². The third kappa shape index (κ3) is 3.77. The Kier molecular flexibility index (Phi) is 4.80. The van der Waals surface area contributed by atoms with Crippen molar-refractivity contribution >= 4 is 27.7 Å². The van der Waals surface area contributed by atoms with Crippen molar-refractivity contribution in [2.24, 2.45) is 0 Å². The molecule has 0 bridgehead atoms. The molecule has 0 radical (unpaired) electrons. The molecular weight excluding hydrogens is 348 g/mol. The van der Waals surface area contributed by atoms with Crippen LogP contribution in [0, 0.1) is 0 Å². The Morgan fingerprint density at radius 1 is 1.14 bits per heavy atom. The first-order valence-corrected chi connectivity index (χ1v) is 8.99. The van der Waals surface area contributed by atoms with Crippen LogP contribution in [0.4, 0.5) is 0 Å². The minimum Gasteiger partial charge on any atom is -0.310 e. The van der Waals surface area contributed by atoms with E-state index in [1.54, 1.807) is 11.8 Å². The van der Waals surface area contributed by atoms with Crippen LogP contribution in [0.15, 0.2) is 38.4 Å². The van der Waals surface area contributed by atoms with E-state index in [0.717, 1.165) is 47.2 Å². The molecule has 0 fully saturated rings. The normalized spacial score (nSPS) is 14.5. The summed E-state index contributed by atoms with van der Waals surface area (Å²) in [4.78, 5) is 21.0. The summed E-state index contributed by atoms with van der Waals surface area (Å²) >= 11 is 5.12. The van der Waals surface area contributed by atoms with Crippen LogP contribution in [0.3, 0.4) is 0 Å². The lowest BCUT2D eigenvalue weighted by Gasteiger charge is -2.07. The predicted octanol–water partition coefficient (Wildman–Crippen LogP) is 4.09. The van der Waals surface area contributed by atoms with Crippen molar-refractivity contribution in [3.63, 3.8) is 0 Å². The van der Waals surface area contributed by atoms with Crippen LogP contribution in [0.25, 0.3) is 0 Å². The van der Waals surface area contributed by atoms with Gasteiger partial charge in [-0.1, -0.05) is 22.4 Å². The number of aromatic nitrogens is 2. The lowest BCUT2D eigenvalue weighted by Crippen LogP contribution is -2.19. The zero-order chi connectivity index (χ0) is 14.7. The minimum absolute atomic E-state index is 0.0632. The molecular formula is C16H17BrN2OS. The van der Waals surface area contributed by atoms with Crippen molar-refractivity contribution in [1.82, 2.24) is 9.97 Å². The molecule has 5 heteroatoms. The van der Waals surface area contributed by atoms with Crippen LogP contribution in [0.1, 0.15) is 36.3 Å². The number of halogens is 1. The zero-order valence-electron chi connectivity index (χ0n) is 11.7. The van der Waals surface area contributed by atoms with Gasteiger partial charge >= 0.3 is 0 Å². The zero-order valence-corrected chi connectivity index (χ0v) is 14.1. The average molecular weight is 365 g/mol. The third-order valence-electron chi connectivity index (χ3n) is 3.68. The maximum absolute atomic E-state index is 12.2. The number of aromatic amines is 1. The maximum Gasteiger partial charge on any atom is 0.254 e. The molecule has 21 heavy (non-hydrogen) atoms. The van der Waals surface area contributed by atoms with Gasteiger partial charge in [0.05, 0.1) is 11.4 Å². The molecule has 1 aliphatic rings. The van der Waals surface area contributed by atoms with E-state index in [0.29, 0.717) is 5.75 Å². The summed E-state index contributed by atoms with van der Waals surface area (Å²) in [5.74, 6) is 1.48. The van der Waals surface area contributed by atoms with E-state index < -0.39 is 0 Å². The summed E-state index contributed by atoms with van der Waals surface area (Å²) in [5.41, 5.74) is 1.99. The smallest absolute Gasteiger partial charge is 0.254 e. The molecule has 0 aliphatic heterocycles. The van der Waals surface area contributed by atoms with Gasteiger partial charge in [0.2, 0.25) is 0 Å². The van der Waals surface area contributed by atoms with E-state index in [1.165, 1.54) is 11.3 Å². The predicted molar refractivity (Wildman–Crippen MR) is 89.8 cm³/mol. The van der Waals surface area contributed by atoms with Crippen molar-refractivity contribution in [1.29, 1.82) is 0 Å². The number of H-pyrrole nitrogens is 1. The molecule has 110 valence electrons. The molecule has 0 amide bonds. The number of hydrogen-bond acceptors (Lipinski definition) is 3. The van der Waals surface area contributed by atoms with Gasteiger partial charge < -0.3 is 4.98 Å². The van der Waals surface area contributed by atoms with Gasteiger partial charge in [-0.2, -0.15) is 0 Å². The fraction of sp³-hybridized carbons (Fsp3) is 0.375. The van der Waals surface area contributed by atoms with Crippen LogP contribution in [-0.4, -0.2) is 9.97 Å². The van der Waals surface area contributed by atoms with Crippen LogP contribution in [0.5, 0.6) is 0 Å². The third-order valence-corrected chi connectivity index (χ3v) is 5.23. The lowest BCUT2D eigenvalue weighted by atomic mass is 10.1. The van der Waals surface area contributed by atoms with E-state index in [2.05, 4.69) is 38.0 Å². The summed E-state index contributed by atoms with van der Waals surface area (Å²) in [7, 11) is 0. The Labute approximate surface area is 136 Å². The number of nitrogens with zero attached hydrogens (tertiary/aromatic N) is 1. The Morgan fingerprint density at radius 3 is 2.71 bits per heavy atom. The second-order valence-corrected chi connectivity index (χ2v) is 7.21. The number of fused-ring (bicyclic) bond motifs is 1. The van der Waals surface area contributed by atoms with Gasteiger partial charge in [0.15, 0.2) is 0 Å². The number of hydrogen-bond donors (Lipinski definition) is 1. The summed E-state index contributed by atoms with van der Waals surface area (Å²) in [5, 5.41) is 0.